The molecule has 0 amide bonds. The molecule has 0 aliphatic carbocycles. The number of hydrogen-bond donors (Lipinski definition) is 0. The molecule has 2 atom stereocenters. The highest BCUT2D eigenvalue weighted by atomic mass is 16.1. The van der Waals surface area contributed by atoms with Gasteiger partial charge in [-0.1, -0.05) is 0 Å². The van der Waals surface area contributed by atoms with E-state index in [-0.39, 0.29) is 11.8 Å². The summed E-state index contributed by atoms with van der Waals surface area (Å²) >= 11 is 0. The molecular weight excluding hydrogens is 188 g/mol. The first-order valence-electron chi connectivity index (χ1n) is 6.04. The third-order valence-corrected chi connectivity index (χ3v) is 4.34. The first-order chi connectivity index (χ1) is 7.09. The summed E-state index contributed by atoms with van der Waals surface area (Å²) in [5.41, 5.74) is 0. The Morgan fingerprint density at radius 2 is 2.00 bits per heavy atom. The number of nitrogens with zero attached hydrogens (tertiary/aromatic N) is 2. The first kappa shape index (κ1) is 11.1. The molecule has 2 bridgehead atoms. The molecule has 0 aromatic heterocycles. The highest BCUT2D eigenvalue weighted by Gasteiger charge is 2.37. The number of rotatable bonds is 3. The number of hydrogen-bond acceptors (Lipinski definition) is 3. The Kier molecular flexibility index (Phi) is 3.12. The number of carbonyl (C=O) groups excluding carboxylic acids is 1. The number of likely N-dealkylation sites (N-methyl/N-ethyl adjacent to an activating group) is 1. The van der Waals surface area contributed by atoms with E-state index in [2.05, 4.69) is 16.8 Å². The third-order valence-electron chi connectivity index (χ3n) is 4.34. The average molecular weight is 210 g/mol. The van der Waals surface area contributed by atoms with Crippen molar-refractivity contribution >= 4 is 5.78 Å². The van der Waals surface area contributed by atoms with Crippen LogP contribution in [-0.2, 0) is 4.79 Å². The van der Waals surface area contributed by atoms with Gasteiger partial charge in [0.25, 0.3) is 0 Å². The quantitative estimate of drug-likeness (QED) is 0.694. The average Bonchev–Trinajstić information content (AvgIpc) is 2.28. The highest BCUT2D eigenvalue weighted by Crippen LogP contribution is 2.31. The van der Waals surface area contributed by atoms with Gasteiger partial charge in [-0.2, -0.15) is 0 Å². The fraction of sp³-hybridized carbons (Fsp3) is 0.917. The number of Topliss-reactive ketones (excluding diaryl/α,β-unsaturated/α-hetero) is 1. The van der Waals surface area contributed by atoms with Gasteiger partial charge in [-0.3, -0.25) is 9.69 Å². The van der Waals surface area contributed by atoms with E-state index in [4.69, 9.17) is 0 Å². The van der Waals surface area contributed by atoms with Crippen LogP contribution in [0.15, 0.2) is 0 Å². The molecule has 3 heteroatoms. The molecule has 0 spiro atoms. The molecule has 0 radical (unpaired) electrons. The van der Waals surface area contributed by atoms with E-state index < -0.39 is 0 Å². The van der Waals surface area contributed by atoms with Gasteiger partial charge in [0.15, 0.2) is 0 Å². The largest absolute Gasteiger partial charge is 0.302 e. The van der Waals surface area contributed by atoms with Crippen LogP contribution in [0.5, 0.6) is 0 Å². The summed E-state index contributed by atoms with van der Waals surface area (Å²) < 4.78 is 0. The lowest BCUT2D eigenvalue weighted by Crippen LogP contribution is -2.58. The van der Waals surface area contributed by atoms with Crippen molar-refractivity contribution in [1.82, 2.24) is 9.80 Å². The van der Waals surface area contributed by atoms with Gasteiger partial charge in [0.05, 0.1) is 6.04 Å². The molecule has 2 unspecified atom stereocenters. The van der Waals surface area contributed by atoms with Crippen LogP contribution in [-0.4, -0.2) is 54.3 Å². The van der Waals surface area contributed by atoms with E-state index in [1.54, 1.807) is 6.92 Å². The Morgan fingerprint density at radius 3 is 2.40 bits per heavy atom. The van der Waals surface area contributed by atoms with Gasteiger partial charge >= 0.3 is 0 Å². The molecular formula is C12H22N2O. The van der Waals surface area contributed by atoms with Crippen LogP contribution in [0.1, 0.15) is 26.7 Å². The maximum Gasteiger partial charge on any atom is 0.146 e. The zero-order valence-electron chi connectivity index (χ0n) is 10.1. The molecule has 0 aromatic carbocycles. The molecule has 0 saturated carbocycles. The van der Waals surface area contributed by atoms with E-state index in [0.717, 1.165) is 5.92 Å². The number of fused-ring (bicyclic) bond motifs is 3. The summed E-state index contributed by atoms with van der Waals surface area (Å²) in [7, 11) is 2.11. The Labute approximate surface area is 92.4 Å². The summed E-state index contributed by atoms with van der Waals surface area (Å²) in [5, 5.41) is 0. The Hall–Kier alpha value is -0.410. The van der Waals surface area contributed by atoms with Crippen molar-refractivity contribution in [2.75, 3.05) is 26.7 Å². The zero-order chi connectivity index (χ0) is 11.0. The lowest BCUT2D eigenvalue weighted by Gasteiger charge is -2.49. The summed E-state index contributed by atoms with van der Waals surface area (Å²) in [4.78, 5) is 16.2. The second-order valence-corrected chi connectivity index (χ2v) is 5.16. The minimum atomic E-state index is 0.0792. The van der Waals surface area contributed by atoms with Crippen molar-refractivity contribution in [3.05, 3.63) is 0 Å². The van der Waals surface area contributed by atoms with Gasteiger partial charge in [-0.25, -0.2) is 0 Å². The lowest BCUT2D eigenvalue weighted by molar-refractivity contribution is -0.123. The summed E-state index contributed by atoms with van der Waals surface area (Å²) in [5.74, 6) is 1.11. The van der Waals surface area contributed by atoms with Gasteiger partial charge in [0, 0.05) is 12.6 Å². The van der Waals surface area contributed by atoms with Crippen molar-refractivity contribution in [1.29, 1.82) is 0 Å². The van der Waals surface area contributed by atoms with Crippen LogP contribution >= 0.6 is 0 Å². The molecule has 15 heavy (non-hydrogen) atoms. The maximum absolute atomic E-state index is 11.4. The molecule has 3 rings (SSSR count). The topological polar surface area (TPSA) is 23.6 Å². The first-order valence-corrected chi connectivity index (χ1v) is 6.04. The van der Waals surface area contributed by atoms with Gasteiger partial charge in [-0.05, 0) is 52.7 Å². The third kappa shape index (κ3) is 2.08. The molecule has 86 valence electrons. The predicted molar refractivity (Wildman–Crippen MR) is 60.9 cm³/mol. The van der Waals surface area contributed by atoms with E-state index in [1.165, 1.54) is 32.5 Å². The minimum Gasteiger partial charge on any atom is -0.302 e. The second kappa shape index (κ2) is 4.22. The van der Waals surface area contributed by atoms with Crippen LogP contribution in [0, 0.1) is 5.92 Å². The maximum atomic E-state index is 11.4. The van der Waals surface area contributed by atoms with Gasteiger partial charge < -0.3 is 4.90 Å². The minimum absolute atomic E-state index is 0.0792. The SMILES string of the molecule is CC(=O)C(C)N(C)C1CN2CCC1CC2. The van der Waals surface area contributed by atoms with Crippen LogP contribution in [0.4, 0.5) is 0 Å². The van der Waals surface area contributed by atoms with Gasteiger partial charge in [0.1, 0.15) is 5.78 Å². The van der Waals surface area contributed by atoms with Crippen LogP contribution in [0.3, 0.4) is 0 Å². The molecule has 0 aromatic rings. The number of ketones is 1. The van der Waals surface area contributed by atoms with Crippen molar-refractivity contribution in [3.63, 3.8) is 0 Å². The van der Waals surface area contributed by atoms with Gasteiger partial charge in [0.2, 0.25) is 0 Å². The summed E-state index contributed by atoms with van der Waals surface area (Å²) in [6.45, 7) is 7.42. The van der Waals surface area contributed by atoms with Crippen molar-refractivity contribution in [2.45, 2.75) is 38.8 Å². The molecule has 3 saturated heterocycles. The Bertz CT molecular complexity index is 246. The summed E-state index contributed by atoms with van der Waals surface area (Å²) in [6.07, 6.45) is 2.64. The molecule has 0 N–H and O–H groups in total. The van der Waals surface area contributed by atoms with Crippen molar-refractivity contribution in [2.24, 2.45) is 5.92 Å². The van der Waals surface area contributed by atoms with E-state index in [9.17, 15) is 4.79 Å². The zero-order valence-corrected chi connectivity index (χ0v) is 10.1. The molecule has 3 aliphatic rings. The number of carbonyl (C=O) groups is 1. The normalized spacial score (nSPS) is 36.9. The van der Waals surface area contributed by atoms with E-state index >= 15 is 0 Å². The molecule has 3 nitrogen and oxygen atoms in total. The Balaban J connectivity index is 2.01. The predicted octanol–water partition coefficient (Wildman–Crippen LogP) is 0.990. The summed E-state index contributed by atoms with van der Waals surface area (Å²) in [6, 6.07) is 0.682. The standard InChI is InChI=1S/C12H22N2O/c1-9(10(2)15)13(3)12-8-14-6-4-11(12)5-7-14/h9,11-12H,4-8H2,1-3H3. The van der Waals surface area contributed by atoms with E-state index in [1.807, 2.05) is 6.92 Å². The molecule has 3 heterocycles. The van der Waals surface area contributed by atoms with Crippen molar-refractivity contribution in [3.8, 4) is 0 Å². The van der Waals surface area contributed by atoms with Crippen molar-refractivity contribution < 1.29 is 4.79 Å². The van der Waals surface area contributed by atoms with E-state index in [0.29, 0.717) is 6.04 Å². The van der Waals surface area contributed by atoms with Crippen LogP contribution < -0.4 is 0 Å². The smallest absolute Gasteiger partial charge is 0.146 e. The fourth-order valence-corrected chi connectivity index (χ4v) is 2.97. The lowest BCUT2D eigenvalue weighted by atomic mass is 9.82. The second-order valence-electron chi connectivity index (χ2n) is 5.16. The molecule has 3 fully saturated rings. The fourth-order valence-electron chi connectivity index (χ4n) is 2.97. The monoisotopic (exact) mass is 210 g/mol. The van der Waals surface area contributed by atoms with Gasteiger partial charge in [-0.15, -0.1) is 0 Å². The molecule has 3 aliphatic heterocycles. The Morgan fingerprint density at radius 1 is 1.40 bits per heavy atom. The van der Waals surface area contributed by atoms with Crippen LogP contribution in [0.25, 0.3) is 0 Å². The van der Waals surface area contributed by atoms with Crippen LogP contribution in [0.2, 0.25) is 0 Å². The highest BCUT2D eigenvalue weighted by molar-refractivity contribution is 5.80. The number of piperidine rings is 3.